The van der Waals surface area contributed by atoms with Crippen LogP contribution in [0.5, 0.6) is 0 Å². The molecule has 0 saturated heterocycles. The molecule has 0 N–H and O–H groups in total. The van der Waals surface area contributed by atoms with E-state index in [-0.39, 0.29) is 11.8 Å². The normalized spacial score (nSPS) is 14.7. The SMILES string of the molecule is CC(=O)N1CCc2cc3ccccc3cc2C1=O. The molecule has 0 fully saturated rings. The molecule has 0 atom stereocenters. The Labute approximate surface area is 105 Å². The van der Waals surface area contributed by atoms with Crippen molar-refractivity contribution in [3.05, 3.63) is 47.5 Å². The summed E-state index contributed by atoms with van der Waals surface area (Å²) in [6.45, 7) is 1.92. The Bertz CT molecular complexity index is 661. The minimum absolute atomic E-state index is 0.172. The fraction of sp³-hybridized carbons (Fsp3) is 0.200. The summed E-state index contributed by atoms with van der Waals surface area (Å²) in [4.78, 5) is 24.9. The van der Waals surface area contributed by atoms with Crippen LogP contribution in [0.4, 0.5) is 0 Å². The molecular formula is C15H13NO2. The first-order valence-corrected chi connectivity index (χ1v) is 6.01. The van der Waals surface area contributed by atoms with Crippen molar-refractivity contribution < 1.29 is 9.59 Å². The second-order valence-electron chi connectivity index (χ2n) is 4.58. The molecule has 1 aliphatic heterocycles. The van der Waals surface area contributed by atoms with Crippen molar-refractivity contribution in [3.63, 3.8) is 0 Å². The minimum atomic E-state index is -0.182. The van der Waals surface area contributed by atoms with Gasteiger partial charge in [-0.1, -0.05) is 30.3 Å². The number of rotatable bonds is 0. The van der Waals surface area contributed by atoms with E-state index >= 15 is 0 Å². The average molecular weight is 239 g/mol. The number of benzene rings is 2. The van der Waals surface area contributed by atoms with Gasteiger partial charge in [-0.25, -0.2) is 0 Å². The van der Waals surface area contributed by atoms with Crippen molar-refractivity contribution in [2.45, 2.75) is 13.3 Å². The zero-order valence-electron chi connectivity index (χ0n) is 10.1. The molecule has 2 aromatic carbocycles. The summed E-state index contributed by atoms with van der Waals surface area (Å²) in [5, 5.41) is 2.18. The molecule has 3 rings (SSSR count). The van der Waals surface area contributed by atoms with E-state index in [9.17, 15) is 9.59 Å². The monoisotopic (exact) mass is 239 g/mol. The molecule has 3 heteroatoms. The quantitative estimate of drug-likeness (QED) is 0.707. The summed E-state index contributed by atoms with van der Waals surface area (Å²) < 4.78 is 0. The van der Waals surface area contributed by atoms with Crippen molar-refractivity contribution in [2.24, 2.45) is 0 Å². The van der Waals surface area contributed by atoms with Gasteiger partial charge in [0.1, 0.15) is 0 Å². The van der Waals surface area contributed by atoms with Crippen molar-refractivity contribution in [1.82, 2.24) is 4.90 Å². The summed E-state index contributed by atoms with van der Waals surface area (Å²) in [5.74, 6) is -0.353. The third kappa shape index (κ3) is 1.59. The van der Waals surface area contributed by atoms with Gasteiger partial charge in [0.2, 0.25) is 5.91 Å². The van der Waals surface area contributed by atoms with Gasteiger partial charge in [0.15, 0.2) is 0 Å². The Kier molecular flexibility index (Phi) is 2.40. The van der Waals surface area contributed by atoms with Crippen LogP contribution >= 0.6 is 0 Å². The fourth-order valence-electron chi connectivity index (χ4n) is 2.47. The Morgan fingerprint density at radius 1 is 1.17 bits per heavy atom. The van der Waals surface area contributed by atoms with E-state index in [0.717, 1.165) is 22.8 Å². The van der Waals surface area contributed by atoms with Crippen LogP contribution in [0, 0.1) is 0 Å². The van der Waals surface area contributed by atoms with Crippen molar-refractivity contribution >= 4 is 22.6 Å². The highest BCUT2D eigenvalue weighted by molar-refractivity contribution is 6.08. The second kappa shape index (κ2) is 3.95. The highest BCUT2D eigenvalue weighted by atomic mass is 16.2. The lowest BCUT2D eigenvalue weighted by Crippen LogP contribution is -2.40. The summed E-state index contributed by atoms with van der Waals surface area (Å²) in [6, 6.07) is 11.9. The maximum Gasteiger partial charge on any atom is 0.260 e. The van der Waals surface area contributed by atoms with Crippen molar-refractivity contribution in [3.8, 4) is 0 Å². The van der Waals surface area contributed by atoms with Crippen molar-refractivity contribution in [1.29, 1.82) is 0 Å². The zero-order valence-corrected chi connectivity index (χ0v) is 10.1. The van der Waals surface area contributed by atoms with E-state index in [0.29, 0.717) is 12.1 Å². The molecule has 1 heterocycles. The maximum absolute atomic E-state index is 12.2. The van der Waals surface area contributed by atoms with Crippen LogP contribution in [-0.2, 0) is 11.2 Å². The van der Waals surface area contributed by atoms with Gasteiger partial charge in [0.25, 0.3) is 5.91 Å². The Morgan fingerprint density at radius 2 is 1.83 bits per heavy atom. The lowest BCUT2D eigenvalue weighted by atomic mass is 9.95. The number of carbonyl (C=O) groups is 2. The smallest absolute Gasteiger partial charge is 0.260 e. The number of fused-ring (bicyclic) bond motifs is 2. The molecule has 2 amide bonds. The first-order chi connectivity index (χ1) is 8.66. The Morgan fingerprint density at radius 3 is 2.50 bits per heavy atom. The van der Waals surface area contributed by atoms with Crippen LogP contribution in [0.15, 0.2) is 36.4 Å². The molecule has 0 aliphatic carbocycles. The molecular weight excluding hydrogens is 226 g/mol. The van der Waals surface area contributed by atoms with E-state index < -0.39 is 0 Å². The highest BCUT2D eigenvalue weighted by Gasteiger charge is 2.27. The molecule has 0 spiro atoms. The second-order valence-corrected chi connectivity index (χ2v) is 4.58. The average Bonchev–Trinajstić information content (AvgIpc) is 2.37. The fourth-order valence-corrected chi connectivity index (χ4v) is 2.47. The van der Waals surface area contributed by atoms with Gasteiger partial charge in [0, 0.05) is 19.0 Å². The molecule has 2 aromatic rings. The van der Waals surface area contributed by atoms with Crippen LogP contribution in [0.3, 0.4) is 0 Å². The molecule has 0 bridgehead atoms. The molecule has 0 unspecified atom stereocenters. The minimum Gasteiger partial charge on any atom is -0.278 e. The maximum atomic E-state index is 12.2. The first-order valence-electron chi connectivity index (χ1n) is 6.01. The number of hydrogen-bond acceptors (Lipinski definition) is 2. The summed E-state index contributed by atoms with van der Waals surface area (Å²) >= 11 is 0. The Balaban J connectivity index is 2.17. The van der Waals surface area contributed by atoms with Gasteiger partial charge >= 0.3 is 0 Å². The van der Waals surface area contributed by atoms with E-state index in [1.807, 2.05) is 30.3 Å². The van der Waals surface area contributed by atoms with Gasteiger partial charge < -0.3 is 0 Å². The van der Waals surface area contributed by atoms with E-state index in [1.165, 1.54) is 11.8 Å². The predicted molar refractivity (Wildman–Crippen MR) is 69.4 cm³/mol. The zero-order chi connectivity index (χ0) is 12.7. The van der Waals surface area contributed by atoms with Crippen LogP contribution in [-0.4, -0.2) is 23.3 Å². The first kappa shape index (κ1) is 11.0. The van der Waals surface area contributed by atoms with Crippen molar-refractivity contribution in [2.75, 3.05) is 6.54 Å². The molecule has 0 radical (unpaired) electrons. The standard InChI is InChI=1S/C15H13NO2/c1-10(17)16-7-6-13-8-11-4-2-3-5-12(11)9-14(13)15(16)18/h2-5,8-9H,6-7H2,1H3. The third-order valence-corrected chi connectivity index (χ3v) is 3.43. The van der Waals surface area contributed by atoms with Crippen LogP contribution < -0.4 is 0 Å². The summed E-state index contributed by atoms with van der Waals surface area (Å²) in [5.41, 5.74) is 1.70. The van der Waals surface area contributed by atoms with Gasteiger partial charge in [-0.3, -0.25) is 14.5 Å². The number of nitrogens with zero attached hydrogens (tertiary/aromatic N) is 1. The molecule has 0 aromatic heterocycles. The summed E-state index contributed by atoms with van der Waals surface area (Å²) in [7, 11) is 0. The largest absolute Gasteiger partial charge is 0.278 e. The topological polar surface area (TPSA) is 37.4 Å². The third-order valence-electron chi connectivity index (χ3n) is 3.43. The molecule has 18 heavy (non-hydrogen) atoms. The van der Waals surface area contributed by atoms with Gasteiger partial charge in [-0.05, 0) is 28.8 Å². The van der Waals surface area contributed by atoms with Crippen LogP contribution in [0.25, 0.3) is 10.8 Å². The number of hydrogen-bond donors (Lipinski definition) is 0. The number of carbonyl (C=O) groups excluding carboxylic acids is 2. The highest BCUT2D eigenvalue weighted by Crippen LogP contribution is 2.25. The molecule has 3 nitrogen and oxygen atoms in total. The van der Waals surface area contributed by atoms with Crippen LogP contribution in [0.1, 0.15) is 22.8 Å². The number of amides is 2. The van der Waals surface area contributed by atoms with Gasteiger partial charge in [0.05, 0.1) is 0 Å². The lowest BCUT2D eigenvalue weighted by Gasteiger charge is -2.26. The molecule has 1 aliphatic rings. The predicted octanol–water partition coefficient (Wildman–Crippen LogP) is 2.38. The van der Waals surface area contributed by atoms with Gasteiger partial charge in [-0.15, -0.1) is 0 Å². The van der Waals surface area contributed by atoms with E-state index in [1.54, 1.807) is 0 Å². The van der Waals surface area contributed by atoms with E-state index in [4.69, 9.17) is 0 Å². The van der Waals surface area contributed by atoms with Gasteiger partial charge in [-0.2, -0.15) is 0 Å². The van der Waals surface area contributed by atoms with E-state index in [2.05, 4.69) is 6.07 Å². The number of imide groups is 1. The molecule has 90 valence electrons. The summed E-state index contributed by atoms with van der Waals surface area (Å²) in [6.07, 6.45) is 0.742. The lowest BCUT2D eigenvalue weighted by molar-refractivity contribution is -0.126. The molecule has 0 saturated carbocycles. The Hall–Kier alpha value is -2.16. The van der Waals surface area contributed by atoms with Crippen LogP contribution in [0.2, 0.25) is 0 Å².